The van der Waals surface area contributed by atoms with Crippen LogP contribution in [0.5, 0.6) is 0 Å². The lowest BCUT2D eigenvalue weighted by molar-refractivity contribution is -0.141. The molecule has 2 aromatic carbocycles. The van der Waals surface area contributed by atoms with E-state index < -0.39 is 12.0 Å². The largest absolute Gasteiger partial charge is 0.480 e. The number of nitrogens with zero attached hydrogens (tertiary/aromatic N) is 2. The Morgan fingerprint density at radius 3 is 2.64 bits per heavy atom. The number of carboxylic acids is 1. The highest BCUT2D eigenvalue weighted by Crippen LogP contribution is 2.32. The molecule has 0 radical (unpaired) electrons. The fraction of sp³-hybridized carbons (Fsp3) is 0.176. The van der Waals surface area contributed by atoms with Crippen molar-refractivity contribution < 1.29 is 9.90 Å². The first-order chi connectivity index (χ1) is 10.6. The Hall–Kier alpha value is -2.33. The number of benzene rings is 2. The number of hydrogen-bond donors (Lipinski definition) is 1. The number of aliphatic carboxylic acids is 1. The van der Waals surface area contributed by atoms with Crippen LogP contribution in [0.2, 0.25) is 5.02 Å². The standard InChI is InChI=1S/C17H15ClN2O2/c1-2-14(17(21)22)20-15-9-8-12(18)10-13(15)16(19-20)11-6-4-3-5-7-11/h3-10,14H,2H2,1H3,(H,21,22)/t14-/m1/s1. The van der Waals surface area contributed by atoms with Gasteiger partial charge in [-0.2, -0.15) is 5.10 Å². The first-order valence-corrected chi connectivity index (χ1v) is 7.45. The third-order valence-electron chi connectivity index (χ3n) is 3.68. The van der Waals surface area contributed by atoms with Gasteiger partial charge in [-0.1, -0.05) is 48.9 Å². The van der Waals surface area contributed by atoms with Crippen LogP contribution >= 0.6 is 11.6 Å². The minimum absolute atomic E-state index is 0.461. The zero-order chi connectivity index (χ0) is 15.7. The summed E-state index contributed by atoms with van der Waals surface area (Å²) in [7, 11) is 0. The molecule has 0 spiro atoms. The molecule has 4 nitrogen and oxygen atoms in total. The lowest BCUT2D eigenvalue weighted by Crippen LogP contribution is -2.19. The minimum atomic E-state index is -0.888. The second-order valence-corrected chi connectivity index (χ2v) is 5.52. The summed E-state index contributed by atoms with van der Waals surface area (Å²) in [6, 6.07) is 14.4. The van der Waals surface area contributed by atoms with Gasteiger partial charge in [0.05, 0.1) is 5.52 Å². The zero-order valence-electron chi connectivity index (χ0n) is 12.0. The van der Waals surface area contributed by atoms with Crippen molar-refractivity contribution in [3.8, 4) is 11.3 Å². The average Bonchev–Trinajstić information content (AvgIpc) is 2.87. The predicted molar refractivity (Wildman–Crippen MR) is 87.1 cm³/mol. The summed E-state index contributed by atoms with van der Waals surface area (Å²) >= 11 is 6.11. The van der Waals surface area contributed by atoms with Crippen LogP contribution in [0.3, 0.4) is 0 Å². The summed E-state index contributed by atoms with van der Waals surface area (Å²) in [5.41, 5.74) is 2.46. The lowest BCUT2D eigenvalue weighted by atomic mass is 10.1. The Bertz CT molecular complexity index is 827. The fourth-order valence-electron chi connectivity index (χ4n) is 2.61. The van der Waals surface area contributed by atoms with Crippen LogP contribution < -0.4 is 0 Å². The number of hydrogen-bond acceptors (Lipinski definition) is 2. The van der Waals surface area contributed by atoms with Gasteiger partial charge >= 0.3 is 5.97 Å². The topological polar surface area (TPSA) is 55.1 Å². The monoisotopic (exact) mass is 314 g/mol. The maximum absolute atomic E-state index is 11.5. The number of fused-ring (bicyclic) bond motifs is 1. The number of halogens is 1. The molecule has 0 aliphatic carbocycles. The van der Waals surface area contributed by atoms with Gasteiger partial charge in [0, 0.05) is 16.0 Å². The molecule has 0 aliphatic heterocycles. The maximum Gasteiger partial charge on any atom is 0.328 e. The van der Waals surface area contributed by atoms with Crippen LogP contribution in [0.4, 0.5) is 0 Å². The lowest BCUT2D eigenvalue weighted by Gasteiger charge is -2.11. The van der Waals surface area contributed by atoms with Gasteiger partial charge in [-0.3, -0.25) is 0 Å². The Morgan fingerprint density at radius 2 is 2.00 bits per heavy atom. The van der Waals surface area contributed by atoms with Gasteiger partial charge in [0.2, 0.25) is 0 Å². The summed E-state index contributed by atoms with van der Waals surface area (Å²) in [6.07, 6.45) is 0.461. The van der Waals surface area contributed by atoms with Crippen LogP contribution in [-0.2, 0) is 4.79 Å². The van der Waals surface area contributed by atoms with E-state index in [0.717, 1.165) is 22.2 Å². The second kappa shape index (κ2) is 5.81. The van der Waals surface area contributed by atoms with Crippen LogP contribution in [0.25, 0.3) is 22.2 Å². The van der Waals surface area contributed by atoms with Gasteiger partial charge in [-0.25, -0.2) is 9.48 Å². The highest BCUT2D eigenvalue weighted by Gasteiger charge is 2.23. The van der Waals surface area contributed by atoms with E-state index in [1.807, 2.05) is 49.4 Å². The van der Waals surface area contributed by atoms with E-state index in [-0.39, 0.29) is 0 Å². The van der Waals surface area contributed by atoms with Crippen molar-refractivity contribution in [2.75, 3.05) is 0 Å². The minimum Gasteiger partial charge on any atom is -0.480 e. The van der Waals surface area contributed by atoms with E-state index in [1.165, 1.54) is 0 Å². The number of rotatable bonds is 4. The van der Waals surface area contributed by atoms with Gasteiger partial charge in [0.1, 0.15) is 11.7 Å². The zero-order valence-corrected chi connectivity index (χ0v) is 12.8. The summed E-state index contributed by atoms with van der Waals surface area (Å²) in [5, 5.41) is 15.5. The van der Waals surface area contributed by atoms with Crippen LogP contribution in [0.1, 0.15) is 19.4 Å². The van der Waals surface area contributed by atoms with Gasteiger partial charge < -0.3 is 5.11 Å². The Balaban J connectivity index is 2.29. The van der Waals surface area contributed by atoms with Crippen molar-refractivity contribution in [3.05, 3.63) is 53.6 Å². The van der Waals surface area contributed by atoms with Crippen molar-refractivity contribution in [1.29, 1.82) is 0 Å². The smallest absolute Gasteiger partial charge is 0.328 e. The SMILES string of the molecule is CC[C@H](C(=O)O)n1nc(-c2ccccc2)c2cc(Cl)ccc21. The molecule has 1 atom stereocenters. The van der Waals surface area contributed by atoms with Crippen molar-refractivity contribution >= 4 is 28.5 Å². The van der Waals surface area contributed by atoms with E-state index in [0.29, 0.717) is 11.4 Å². The van der Waals surface area contributed by atoms with E-state index in [1.54, 1.807) is 10.7 Å². The molecule has 0 unspecified atom stereocenters. The normalized spacial score (nSPS) is 12.5. The molecule has 0 bridgehead atoms. The van der Waals surface area contributed by atoms with Crippen molar-refractivity contribution in [1.82, 2.24) is 9.78 Å². The number of carboxylic acid groups (broad SMARTS) is 1. The molecule has 1 aromatic heterocycles. The molecular weight excluding hydrogens is 300 g/mol. The van der Waals surface area contributed by atoms with E-state index in [4.69, 9.17) is 11.6 Å². The van der Waals surface area contributed by atoms with Crippen LogP contribution in [0.15, 0.2) is 48.5 Å². The third kappa shape index (κ3) is 2.46. The first-order valence-electron chi connectivity index (χ1n) is 7.07. The molecule has 0 saturated heterocycles. The van der Waals surface area contributed by atoms with Gasteiger partial charge in [0.15, 0.2) is 0 Å². The fourth-order valence-corrected chi connectivity index (χ4v) is 2.78. The van der Waals surface area contributed by atoms with Gasteiger partial charge in [-0.15, -0.1) is 0 Å². The second-order valence-electron chi connectivity index (χ2n) is 5.08. The van der Waals surface area contributed by atoms with Crippen molar-refractivity contribution in [2.24, 2.45) is 0 Å². The highest BCUT2D eigenvalue weighted by molar-refractivity contribution is 6.31. The van der Waals surface area contributed by atoms with Crippen LogP contribution in [0, 0.1) is 0 Å². The van der Waals surface area contributed by atoms with Crippen molar-refractivity contribution in [3.63, 3.8) is 0 Å². The molecule has 22 heavy (non-hydrogen) atoms. The Kier molecular flexibility index (Phi) is 3.86. The molecule has 1 heterocycles. The molecule has 0 saturated carbocycles. The van der Waals surface area contributed by atoms with Gasteiger partial charge in [0.25, 0.3) is 0 Å². The van der Waals surface area contributed by atoms with E-state index >= 15 is 0 Å². The highest BCUT2D eigenvalue weighted by atomic mass is 35.5. The first kappa shape index (κ1) is 14.6. The molecule has 0 aliphatic rings. The molecule has 5 heteroatoms. The summed E-state index contributed by atoms with van der Waals surface area (Å²) < 4.78 is 1.58. The van der Waals surface area contributed by atoms with Gasteiger partial charge in [-0.05, 0) is 24.6 Å². The van der Waals surface area contributed by atoms with Crippen molar-refractivity contribution in [2.45, 2.75) is 19.4 Å². The molecule has 0 fully saturated rings. The summed E-state index contributed by atoms with van der Waals surface area (Å²) in [4.78, 5) is 11.5. The molecular formula is C17H15ClN2O2. The summed E-state index contributed by atoms with van der Waals surface area (Å²) in [5.74, 6) is -0.888. The molecule has 3 aromatic rings. The Morgan fingerprint density at radius 1 is 1.27 bits per heavy atom. The van der Waals surface area contributed by atoms with E-state index in [2.05, 4.69) is 5.10 Å². The maximum atomic E-state index is 11.5. The quantitative estimate of drug-likeness (QED) is 0.777. The number of carbonyl (C=O) groups is 1. The molecule has 0 amide bonds. The Labute approximate surface area is 132 Å². The number of aromatic nitrogens is 2. The average molecular weight is 315 g/mol. The predicted octanol–water partition coefficient (Wildman–Crippen LogP) is 4.39. The van der Waals surface area contributed by atoms with Crippen LogP contribution in [-0.4, -0.2) is 20.9 Å². The third-order valence-corrected chi connectivity index (χ3v) is 3.92. The molecule has 3 rings (SSSR count). The molecule has 112 valence electrons. The summed E-state index contributed by atoms with van der Waals surface area (Å²) in [6.45, 7) is 1.84. The molecule has 1 N–H and O–H groups in total. The van der Waals surface area contributed by atoms with E-state index in [9.17, 15) is 9.90 Å².